The van der Waals surface area contributed by atoms with Crippen molar-refractivity contribution < 1.29 is 0 Å². The molecule has 2 aliphatic rings. The van der Waals surface area contributed by atoms with Gasteiger partial charge in [-0.25, -0.2) is 0 Å². The topological polar surface area (TPSA) is 0 Å². The maximum Gasteiger partial charge on any atom is -0.0234 e. The molecule has 2 saturated heterocycles. The number of hydrogen-bond acceptors (Lipinski definition) is 0. The van der Waals surface area contributed by atoms with Crippen LogP contribution >= 0.6 is 8.58 Å². The van der Waals surface area contributed by atoms with Crippen molar-refractivity contribution in [2.75, 3.05) is 0 Å². The van der Waals surface area contributed by atoms with Gasteiger partial charge in [0.05, 0.1) is 0 Å². The van der Waals surface area contributed by atoms with E-state index in [-0.39, 0.29) is 0 Å². The molecule has 1 heteroatoms. The lowest BCUT2D eigenvalue weighted by Gasteiger charge is -2.34. The first-order valence-corrected chi connectivity index (χ1v) is 6.37. The molecule has 0 saturated carbocycles. The van der Waals surface area contributed by atoms with Crippen LogP contribution in [0.2, 0.25) is 0 Å². The van der Waals surface area contributed by atoms with Crippen LogP contribution in [-0.4, -0.2) is 11.3 Å². The summed E-state index contributed by atoms with van der Waals surface area (Å²) < 4.78 is 0. The SMILES string of the molecule is C1CC2CCCC(C1)P2.CC. The molecule has 66 valence electrons. The number of hydrogen-bond donors (Lipinski definition) is 0. The van der Waals surface area contributed by atoms with Crippen molar-refractivity contribution in [1.82, 2.24) is 0 Å². The summed E-state index contributed by atoms with van der Waals surface area (Å²) in [6, 6.07) is 0. The van der Waals surface area contributed by atoms with E-state index >= 15 is 0 Å². The second-order valence-corrected chi connectivity index (χ2v) is 5.39. The minimum atomic E-state index is 1.18. The van der Waals surface area contributed by atoms with E-state index in [0.29, 0.717) is 0 Å². The third kappa shape index (κ3) is 2.75. The van der Waals surface area contributed by atoms with Crippen LogP contribution in [0.15, 0.2) is 0 Å². The van der Waals surface area contributed by atoms with Gasteiger partial charge in [-0.05, 0) is 37.0 Å². The van der Waals surface area contributed by atoms with Gasteiger partial charge in [0.2, 0.25) is 0 Å². The van der Waals surface area contributed by atoms with Gasteiger partial charge in [-0.3, -0.25) is 0 Å². The fourth-order valence-electron chi connectivity index (χ4n) is 2.18. The van der Waals surface area contributed by atoms with E-state index in [2.05, 4.69) is 0 Å². The first kappa shape index (κ1) is 9.52. The Morgan fingerprint density at radius 3 is 1.45 bits per heavy atom. The fourth-order valence-corrected chi connectivity index (χ4v) is 4.33. The third-order valence-electron chi connectivity index (χ3n) is 2.68. The average molecular weight is 172 g/mol. The first-order chi connectivity index (χ1) is 5.45. The van der Waals surface area contributed by atoms with Gasteiger partial charge in [-0.15, -0.1) is 8.58 Å². The van der Waals surface area contributed by atoms with E-state index in [1.807, 2.05) is 13.8 Å². The van der Waals surface area contributed by atoms with Gasteiger partial charge in [-0.2, -0.15) is 0 Å². The molecule has 2 heterocycles. The summed E-state index contributed by atoms with van der Waals surface area (Å²) in [4.78, 5) is 0. The molecule has 0 spiro atoms. The van der Waals surface area contributed by atoms with E-state index in [4.69, 9.17) is 0 Å². The zero-order chi connectivity index (χ0) is 8.10. The Bertz CT molecular complexity index is 81.0. The molecule has 2 fully saturated rings. The van der Waals surface area contributed by atoms with E-state index in [0.717, 1.165) is 0 Å². The van der Waals surface area contributed by atoms with Gasteiger partial charge in [0.25, 0.3) is 0 Å². The molecule has 0 N–H and O–H groups in total. The van der Waals surface area contributed by atoms with Gasteiger partial charge in [0.1, 0.15) is 0 Å². The molecule has 0 aliphatic carbocycles. The maximum atomic E-state index is 2.00. The van der Waals surface area contributed by atoms with Gasteiger partial charge in [-0.1, -0.05) is 26.7 Å². The average Bonchev–Trinajstić information content (AvgIpc) is 2.08. The summed E-state index contributed by atoms with van der Waals surface area (Å²) in [7, 11) is 1.35. The van der Waals surface area contributed by atoms with E-state index in [9.17, 15) is 0 Å². The van der Waals surface area contributed by atoms with Crippen LogP contribution in [0.25, 0.3) is 0 Å². The third-order valence-corrected chi connectivity index (χ3v) is 4.78. The van der Waals surface area contributed by atoms with Crippen molar-refractivity contribution in [3.63, 3.8) is 0 Å². The molecule has 0 aromatic carbocycles. The van der Waals surface area contributed by atoms with Crippen molar-refractivity contribution in [3.8, 4) is 0 Å². The normalized spacial score (nSPS) is 37.6. The number of rotatable bonds is 0. The summed E-state index contributed by atoms with van der Waals surface area (Å²) in [5, 5.41) is 0. The standard InChI is InChI=1S/C8H15P.C2H6/c1-3-7-5-2-6-8(4-1)9-7;1-2/h7-9H,1-6H2;1-2H3. The molecule has 0 aromatic rings. The van der Waals surface area contributed by atoms with Crippen molar-refractivity contribution in [2.45, 2.75) is 63.7 Å². The zero-order valence-electron chi connectivity index (χ0n) is 7.90. The summed E-state index contributed by atoms with van der Waals surface area (Å²) in [6.45, 7) is 4.00. The second-order valence-electron chi connectivity index (χ2n) is 3.42. The fraction of sp³-hybridized carbons (Fsp3) is 1.00. The van der Waals surface area contributed by atoms with Crippen LogP contribution in [0.1, 0.15) is 52.4 Å². The van der Waals surface area contributed by atoms with Crippen LogP contribution in [-0.2, 0) is 0 Å². The van der Waals surface area contributed by atoms with Gasteiger partial charge < -0.3 is 0 Å². The first-order valence-electron chi connectivity index (χ1n) is 5.21. The van der Waals surface area contributed by atoms with E-state index in [1.54, 1.807) is 38.5 Å². The van der Waals surface area contributed by atoms with Crippen LogP contribution < -0.4 is 0 Å². The molecule has 11 heavy (non-hydrogen) atoms. The number of fused-ring (bicyclic) bond motifs is 2. The van der Waals surface area contributed by atoms with Crippen molar-refractivity contribution >= 4 is 8.58 Å². The van der Waals surface area contributed by atoms with Crippen molar-refractivity contribution in [3.05, 3.63) is 0 Å². The quantitative estimate of drug-likeness (QED) is 0.487. The highest BCUT2D eigenvalue weighted by atomic mass is 31.1. The Balaban J connectivity index is 0.000000281. The van der Waals surface area contributed by atoms with E-state index < -0.39 is 0 Å². The Hall–Kier alpha value is 0.430. The summed E-state index contributed by atoms with van der Waals surface area (Å²) >= 11 is 0. The molecule has 2 bridgehead atoms. The molecule has 0 atom stereocenters. The highest BCUT2D eigenvalue weighted by Gasteiger charge is 2.25. The van der Waals surface area contributed by atoms with Crippen molar-refractivity contribution in [1.29, 1.82) is 0 Å². The molecule has 0 radical (unpaired) electrons. The minimum absolute atomic E-state index is 1.18. The minimum Gasteiger partial charge on any atom is -0.116 e. The Morgan fingerprint density at radius 2 is 1.18 bits per heavy atom. The largest absolute Gasteiger partial charge is 0.116 e. The van der Waals surface area contributed by atoms with Crippen molar-refractivity contribution in [2.24, 2.45) is 0 Å². The molecule has 0 nitrogen and oxygen atoms in total. The second kappa shape index (κ2) is 5.14. The highest BCUT2D eigenvalue weighted by Crippen LogP contribution is 2.45. The predicted molar refractivity (Wildman–Crippen MR) is 54.9 cm³/mol. The summed E-state index contributed by atoms with van der Waals surface area (Å²) in [5.74, 6) is 0. The Kier molecular flexibility index (Phi) is 4.45. The molecule has 0 amide bonds. The van der Waals surface area contributed by atoms with Gasteiger partial charge in [0, 0.05) is 0 Å². The molecular formula is C10H21P. The lowest BCUT2D eigenvalue weighted by molar-refractivity contribution is 0.483. The lowest BCUT2D eigenvalue weighted by Crippen LogP contribution is -2.20. The molecule has 2 rings (SSSR count). The van der Waals surface area contributed by atoms with E-state index in [1.165, 1.54) is 19.9 Å². The van der Waals surface area contributed by atoms with Gasteiger partial charge in [0.15, 0.2) is 0 Å². The summed E-state index contributed by atoms with van der Waals surface area (Å²) in [5.41, 5.74) is 2.36. The maximum absolute atomic E-state index is 2.00. The predicted octanol–water partition coefficient (Wildman–Crippen LogP) is 3.80. The molecule has 0 aromatic heterocycles. The monoisotopic (exact) mass is 172 g/mol. The molecular weight excluding hydrogens is 151 g/mol. The van der Waals surface area contributed by atoms with Crippen LogP contribution in [0.3, 0.4) is 0 Å². The van der Waals surface area contributed by atoms with Crippen LogP contribution in [0.4, 0.5) is 0 Å². The molecule has 0 unspecified atom stereocenters. The van der Waals surface area contributed by atoms with Crippen LogP contribution in [0, 0.1) is 0 Å². The smallest absolute Gasteiger partial charge is 0.0234 e. The Labute approximate surface area is 72.9 Å². The lowest BCUT2D eigenvalue weighted by atomic mass is 9.99. The molecule has 2 aliphatic heterocycles. The highest BCUT2D eigenvalue weighted by molar-refractivity contribution is 7.39. The van der Waals surface area contributed by atoms with Crippen LogP contribution in [0.5, 0.6) is 0 Å². The van der Waals surface area contributed by atoms with Gasteiger partial charge >= 0.3 is 0 Å². The summed E-state index contributed by atoms with van der Waals surface area (Å²) in [6.07, 6.45) is 9.35. The zero-order valence-corrected chi connectivity index (χ0v) is 8.90. The Morgan fingerprint density at radius 1 is 0.818 bits per heavy atom.